The average molecular weight is 499 g/mol. The maximum Gasteiger partial charge on any atom is 0.315 e. The van der Waals surface area contributed by atoms with E-state index in [0.717, 1.165) is 0 Å². The van der Waals surface area contributed by atoms with Gasteiger partial charge in [-0.25, -0.2) is 13.1 Å². The van der Waals surface area contributed by atoms with Gasteiger partial charge >= 0.3 is 11.9 Å². The lowest BCUT2D eigenvalue weighted by atomic mass is 9.74. The van der Waals surface area contributed by atoms with Crippen LogP contribution in [0.2, 0.25) is 5.02 Å². The van der Waals surface area contributed by atoms with Gasteiger partial charge in [-0.05, 0) is 25.5 Å². The second-order valence-electron chi connectivity index (χ2n) is 7.29. The maximum absolute atomic E-state index is 13.3. The Labute approximate surface area is 198 Å². The van der Waals surface area contributed by atoms with Gasteiger partial charge in [0.1, 0.15) is 18.3 Å². The van der Waals surface area contributed by atoms with Gasteiger partial charge in [-0.15, -0.1) is 0 Å². The Hall–Kier alpha value is -2.56. The predicted molar refractivity (Wildman–Crippen MR) is 124 cm³/mol. The number of aliphatic imine (C=N–C) groups is 1. The van der Waals surface area contributed by atoms with Gasteiger partial charge in [0.25, 0.3) is 0 Å². The number of rotatable bonds is 10. The van der Waals surface area contributed by atoms with Crippen LogP contribution < -0.4 is 4.72 Å². The van der Waals surface area contributed by atoms with E-state index in [1.54, 1.807) is 38.1 Å². The van der Waals surface area contributed by atoms with E-state index in [-0.39, 0.29) is 41.8 Å². The molecule has 1 aliphatic heterocycles. The van der Waals surface area contributed by atoms with Crippen molar-refractivity contribution in [3.8, 4) is 0 Å². The summed E-state index contributed by atoms with van der Waals surface area (Å²) in [7, 11) is -3.90. The lowest BCUT2D eigenvalue weighted by Crippen LogP contribution is -2.41. The number of ketones is 1. The van der Waals surface area contributed by atoms with Crippen LogP contribution in [-0.2, 0) is 33.9 Å². The van der Waals surface area contributed by atoms with Crippen LogP contribution in [0.1, 0.15) is 39.2 Å². The van der Waals surface area contributed by atoms with E-state index in [1.165, 1.54) is 13.8 Å². The summed E-state index contributed by atoms with van der Waals surface area (Å²) in [5.41, 5.74) is 0.849. The van der Waals surface area contributed by atoms with Crippen molar-refractivity contribution < 1.29 is 32.3 Å². The van der Waals surface area contributed by atoms with E-state index < -0.39 is 45.3 Å². The number of carbonyl (C=O) groups is 3. The number of benzene rings is 1. The minimum Gasteiger partial charge on any atom is -0.465 e. The molecule has 0 saturated heterocycles. The highest BCUT2D eigenvalue weighted by Gasteiger charge is 2.44. The molecule has 2 atom stereocenters. The smallest absolute Gasteiger partial charge is 0.315 e. The summed E-state index contributed by atoms with van der Waals surface area (Å²) in [6, 6.07) is 6.63. The fraction of sp³-hybridized carbons (Fsp3) is 0.455. The van der Waals surface area contributed by atoms with E-state index in [2.05, 4.69) is 9.71 Å². The first-order valence-corrected chi connectivity index (χ1v) is 12.4. The lowest BCUT2D eigenvalue weighted by Gasteiger charge is -2.33. The van der Waals surface area contributed by atoms with E-state index in [0.29, 0.717) is 5.56 Å². The van der Waals surface area contributed by atoms with Crippen LogP contribution in [0.3, 0.4) is 0 Å². The Morgan fingerprint density at radius 3 is 2.39 bits per heavy atom. The highest BCUT2D eigenvalue weighted by atomic mass is 35.5. The number of sulfonamides is 1. The Kier molecular flexibility index (Phi) is 9.33. The van der Waals surface area contributed by atoms with Crippen molar-refractivity contribution >= 4 is 45.1 Å². The van der Waals surface area contributed by atoms with Crippen LogP contribution >= 0.6 is 11.6 Å². The second-order valence-corrected chi connectivity index (χ2v) is 9.51. The molecule has 0 saturated carbocycles. The van der Waals surface area contributed by atoms with Crippen molar-refractivity contribution in [2.75, 3.05) is 25.5 Å². The van der Waals surface area contributed by atoms with Gasteiger partial charge in [-0.1, -0.05) is 36.7 Å². The largest absolute Gasteiger partial charge is 0.465 e. The molecule has 2 unspecified atom stereocenters. The fourth-order valence-corrected chi connectivity index (χ4v) is 4.99. The zero-order valence-electron chi connectivity index (χ0n) is 18.9. The number of carbonyl (C=O) groups excluding carboxylic acids is 3. The first-order valence-electron chi connectivity index (χ1n) is 10.4. The van der Waals surface area contributed by atoms with Gasteiger partial charge in [0, 0.05) is 35.7 Å². The zero-order valence-corrected chi connectivity index (χ0v) is 20.5. The molecule has 1 N–H and O–H groups in total. The summed E-state index contributed by atoms with van der Waals surface area (Å²) in [5.74, 6) is -4.93. The number of ether oxygens (including phenoxy) is 2. The summed E-state index contributed by atoms with van der Waals surface area (Å²) < 4.78 is 37.2. The van der Waals surface area contributed by atoms with Crippen LogP contribution in [0, 0.1) is 5.92 Å². The molecule has 0 bridgehead atoms. The van der Waals surface area contributed by atoms with Crippen LogP contribution in [0.4, 0.5) is 0 Å². The number of nitrogens with zero attached hydrogens (tertiary/aromatic N) is 1. The zero-order chi connectivity index (χ0) is 24.8. The van der Waals surface area contributed by atoms with Crippen molar-refractivity contribution in [1.29, 1.82) is 0 Å². The molecule has 1 heterocycles. The maximum atomic E-state index is 13.3. The summed E-state index contributed by atoms with van der Waals surface area (Å²) in [4.78, 5) is 42.1. The van der Waals surface area contributed by atoms with Crippen LogP contribution in [0.25, 0.3) is 0 Å². The van der Waals surface area contributed by atoms with Crippen LogP contribution in [0.5, 0.6) is 0 Å². The van der Waals surface area contributed by atoms with Gasteiger partial charge in [0.15, 0.2) is 5.78 Å². The van der Waals surface area contributed by atoms with E-state index >= 15 is 0 Å². The molecular formula is C22H27ClN2O7S. The number of hydrogen-bond acceptors (Lipinski definition) is 8. The topological polar surface area (TPSA) is 128 Å². The standard InChI is InChI=1S/C22H27ClN2O7S/c1-5-24-33(29,30)12-18(27)19-13(3)25-17(11-32-14(4)26)21(22(28)31-6-2)20(19)15-9-7-8-10-16(15)23/h7-10,20-21,24H,5-6,11-12H2,1-4H3. The highest BCUT2D eigenvalue weighted by Crippen LogP contribution is 2.42. The van der Waals surface area contributed by atoms with E-state index in [4.69, 9.17) is 21.1 Å². The highest BCUT2D eigenvalue weighted by molar-refractivity contribution is 7.90. The van der Waals surface area contributed by atoms with Crippen molar-refractivity contribution in [2.45, 2.75) is 33.6 Å². The molecule has 0 radical (unpaired) electrons. The van der Waals surface area contributed by atoms with E-state index in [1.807, 2.05) is 0 Å². The molecule has 1 aromatic rings. The summed E-state index contributed by atoms with van der Waals surface area (Å²) >= 11 is 6.44. The third-order valence-corrected chi connectivity index (χ3v) is 6.61. The van der Waals surface area contributed by atoms with Gasteiger partial charge in [0.05, 0.1) is 12.3 Å². The van der Waals surface area contributed by atoms with Crippen molar-refractivity contribution in [3.05, 3.63) is 46.1 Å². The van der Waals surface area contributed by atoms with Crippen LogP contribution in [0.15, 0.2) is 40.5 Å². The molecule has 9 nitrogen and oxygen atoms in total. The molecular weight excluding hydrogens is 472 g/mol. The van der Waals surface area contributed by atoms with Gasteiger partial charge in [0.2, 0.25) is 10.0 Å². The first kappa shape index (κ1) is 26.7. The minimum absolute atomic E-state index is 0.0363. The molecule has 0 fully saturated rings. The molecule has 0 amide bonds. The Balaban J connectivity index is 2.71. The monoisotopic (exact) mass is 498 g/mol. The molecule has 11 heteroatoms. The quantitative estimate of drug-likeness (QED) is 0.490. The molecule has 180 valence electrons. The normalized spacial score (nSPS) is 18.5. The molecule has 1 aromatic carbocycles. The first-order chi connectivity index (χ1) is 15.5. The Morgan fingerprint density at radius 2 is 1.82 bits per heavy atom. The summed E-state index contributed by atoms with van der Waals surface area (Å²) in [6.45, 7) is 5.87. The van der Waals surface area contributed by atoms with Crippen molar-refractivity contribution in [1.82, 2.24) is 4.72 Å². The molecule has 2 rings (SSSR count). The Bertz CT molecular complexity index is 1100. The molecule has 33 heavy (non-hydrogen) atoms. The van der Waals surface area contributed by atoms with Gasteiger partial charge < -0.3 is 9.47 Å². The number of Topliss-reactive ketones (excluding diaryl/α,β-unsaturated/α-hetero) is 1. The predicted octanol–water partition coefficient (Wildman–Crippen LogP) is 2.40. The lowest BCUT2D eigenvalue weighted by molar-refractivity contribution is -0.147. The van der Waals surface area contributed by atoms with Gasteiger partial charge in [-0.2, -0.15) is 0 Å². The number of allylic oxidation sites excluding steroid dienone is 2. The molecule has 0 aromatic heterocycles. The molecule has 0 aliphatic carbocycles. The summed E-state index contributed by atoms with van der Waals surface area (Å²) in [6.07, 6.45) is 0. The van der Waals surface area contributed by atoms with E-state index in [9.17, 15) is 22.8 Å². The second kappa shape index (κ2) is 11.5. The SMILES string of the molecule is CCNS(=O)(=O)CC(=O)C1=C(C)N=C(COC(C)=O)C(C(=O)OCC)C1c1ccccc1Cl. The number of esters is 2. The average Bonchev–Trinajstić information content (AvgIpc) is 2.71. The van der Waals surface area contributed by atoms with Crippen molar-refractivity contribution in [3.63, 3.8) is 0 Å². The molecule has 1 aliphatic rings. The minimum atomic E-state index is -3.90. The molecule has 0 spiro atoms. The number of halogens is 1. The fourth-order valence-electron chi connectivity index (χ4n) is 3.69. The van der Waals surface area contributed by atoms with Crippen LogP contribution in [-0.4, -0.2) is 57.4 Å². The van der Waals surface area contributed by atoms with Crippen molar-refractivity contribution in [2.24, 2.45) is 10.9 Å². The third kappa shape index (κ3) is 6.72. The number of nitrogens with one attached hydrogen (secondary N) is 1. The third-order valence-electron chi connectivity index (χ3n) is 4.89. The number of hydrogen-bond donors (Lipinski definition) is 1. The van der Waals surface area contributed by atoms with Gasteiger partial charge in [-0.3, -0.25) is 19.4 Å². The summed E-state index contributed by atoms with van der Waals surface area (Å²) in [5, 5.41) is 0.276. The Morgan fingerprint density at radius 1 is 1.15 bits per heavy atom.